The zero-order valence-electron chi connectivity index (χ0n) is 25.4. The van der Waals surface area contributed by atoms with Crippen molar-refractivity contribution in [1.29, 1.82) is 0 Å². The van der Waals surface area contributed by atoms with E-state index in [0.717, 1.165) is 44.1 Å². The number of hydrogen-bond donors (Lipinski definition) is 0. The second kappa shape index (κ2) is 14.0. The van der Waals surface area contributed by atoms with Crippen LogP contribution in [0.1, 0.15) is 50.4 Å². The first-order valence-electron chi connectivity index (χ1n) is 15.4. The first kappa shape index (κ1) is 29.1. The highest BCUT2D eigenvalue weighted by Crippen LogP contribution is 2.41. The third-order valence-electron chi connectivity index (χ3n) is 8.26. The molecule has 0 radical (unpaired) electrons. The van der Waals surface area contributed by atoms with Gasteiger partial charge in [0, 0.05) is 49.7 Å². The minimum absolute atomic E-state index is 0.0237. The lowest BCUT2D eigenvalue weighted by Crippen LogP contribution is -2.27. The predicted molar refractivity (Wildman–Crippen MR) is 180 cm³/mol. The fourth-order valence-corrected chi connectivity index (χ4v) is 5.93. The molecule has 2 heterocycles. The summed E-state index contributed by atoms with van der Waals surface area (Å²) >= 11 is 0. The van der Waals surface area contributed by atoms with E-state index < -0.39 is 0 Å². The molecule has 0 saturated heterocycles. The summed E-state index contributed by atoms with van der Waals surface area (Å²) < 4.78 is 0. The van der Waals surface area contributed by atoms with Crippen LogP contribution in [0.25, 0.3) is 6.08 Å². The highest BCUT2D eigenvalue weighted by atomic mass is 15.5. The van der Waals surface area contributed by atoms with Crippen LogP contribution in [0.15, 0.2) is 114 Å². The van der Waals surface area contributed by atoms with Crippen molar-refractivity contribution >= 4 is 29.0 Å². The zero-order valence-corrected chi connectivity index (χ0v) is 25.4. The molecule has 3 aromatic carbocycles. The molecule has 1 aromatic heterocycles. The number of anilines is 3. The van der Waals surface area contributed by atoms with Gasteiger partial charge in [0.2, 0.25) is 0 Å². The Morgan fingerprint density at radius 2 is 1.26 bits per heavy atom. The quantitative estimate of drug-likeness (QED) is 0.176. The molecule has 4 aromatic rings. The van der Waals surface area contributed by atoms with Crippen LogP contribution in [-0.2, 0) is 6.42 Å². The molecule has 2 unspecified atom stereocenters. The summed E-state index contributed by atoms with van der Waals surface area (Å²) in [6.07, 6.45) is 7.14. The van der Waals surface area contributed by atoms with E-state index in [1.165, 1.54) is 28.1 Å². The van der Waals surface area contributed by atoms with E-state index in [-0.39, 0.29) is 12.0 Å². The van der Waals surface area contributed by atoms with E-state index in [0.29, 0.717) is 0 Å². The van der Waals surface area contributed by atoms with Gasteiger partial charge in [0.05, 0.1) is 11.8 Å². The summed E-state index contributed by atoms with van der Waals surface area (Å²) in [4.78, 5) is 9.48. The zero-order chi connectivity index (χ0) is 29.3. The van der Waals surface area contributed by atoms with Crippen LogP contribution in [-0.4, -0.2) is 36.9 Å². The molecular weight excluding hydrogens is 514 g/mol. The van der Waals surface area contributed by atoms with Crippen molar-refractivity contribution in [3.05, 3.63) is 126 Å². The van der Waals surface area contributed by atoms with Crippen molar-refractivity contribution in [2.75, 3.05) is 41.0 Å². The number of nitrogens with zero attached hydrogens (tertiary/aromatic N) is 5. The van der Waals surface area contributed by atoms with Gasteiger partial charge in [-0.2, -0.15) is 5.10 Å². The Morgan fingerprint density at radius 3 is 1.83 bits per heavy atom. The summed E-state index contributed by atoms with van der Waals surface area (Å²) in [5.41, 5.74) is 7.29. The monoisotopic (exact) mass is 557 g/mol. The average Bonchev–Trinajstić information content (AvgIpc) is 3.41. The molecule has 5 rings (SSSR count). The Morgan fingerprint density at radius 1 is 0.667 bits per heavy atom. The first-order chi connectivity index (χ1) is 20.6. The van der Waals surface area contributed by atoms with E-state index in [1.807, 2.05) is 18.3 Å². The van der Waals surface area contributed by atoms with Gasteiger partial charge in [0.15, 0.2) is 0 Å². The summed E-state index contributed by atoms with van der Waals surface area (Å²) in [5.74, 6) is 1.01. The SMILES string of the molecule is CCN(CC)c1ccc(C=CC2=NN(c3ccccn3)C(c3ccc(N(CC)CC)cc3)C2Cc2ccccc2)cc1. The lowest BCUT2D eigenvalue weighted by Gasteiger charge is -2.29. The van der Waals surface area contributed by atoms with Gasteiger partial charge in [-0.25, -0.2) is 9.99 Å². The predicted octanol–water partition coefficient (Wildman–Crippen LogP) is 8.26. The van der Waals surface area contributed by atoms with E-state index in [4.69, 9.17) is 10.1 Å². The molecule has 216 valence electrons. The summed E-state index contributed by atoms with van der Waals surface area (Å²) in [5, 5.41) is 7.38. The Bertz CT molecular complexity index is 1440. The lowest BCUT2D eigenvalue weighted by molar-refractivity contribution is 0.544. The Labute approximate surface area is 251 Å². The van der Waals surface area contributed by atoms with Crippen LogP contribution in [0.5, 0.6) is 0 Å². The molecule has 1 aliphatic rings. The molecule has 42 heavy (non-hydrogen) atoms. The highest BCUT2D eigenvalue weighted by molar-refractivity contribution is 6.03. The molecule has 2 atom stereocenters. The molecule has 0 saturated carbocycles. The number of pyridine rings is 1. The smallest absolute Gasteiger partial charge is 0.149 e. The van der Waals surface area contributed by atoms with Crippen molar-refractivity contribution < 1.29 is 0 Å². The van der Waals surface area contributed by atoms with E-state index in [9.17, 15) is 0 Å². The topological polar surface area (TPSA) is 35.0 Å². The Kier molecular flexibility index (Phi) is 9.70. The summed E-state index contributed by atoms with van der Waals surface area (Å²) in [7, 11) is 0. The lowest BCUT2D eigenvalue weighted by atomic mass is 9.84. The van der Waals surface area contributed by atoms with Crippen LogP contribution < -0.4 is 14.8 Å². The van der Waals surface area contributed by atoms with Crippen LogP contribution >= 0.6 is 0 Å². The minimum Gasteiger partial charge on any atom is -0.372 e. The molecule has 0 N–H and O–H groups in total. The third-order valence-corrected chi connectivity index (χ3v) is 8.26. The molecule has 0 bridgehead atoms. The van der Waals surface area contributed by atoms with Crippen molar-refractivity contribution in [3.8, 4) is 0 Å². The fourth-order valence-electron chi connectivity index (χ4n) is 5.93. The van der Waals surface area contributed by atoms with Gasteiger partial charge in [0.25, 0.3) is 0 Å². The standard InChI is InChI=1S/C37H43N5/c1-5-40(6-2)32-22-17-29(18-23-32)19-26-35-34(28-30-14-10-9-11-15-30)37(42(39-35)36-16-12-13-27-38-36)31-20-24-33(25-21-31)41(7-3)8-4/h9-27,34,37H,5-8,28H2,1-4H3. The van der Waals surface area contributed by atoms with Gasteiger partial charge in [-0.15, -0.1) is 0 Å². The minimum atomic E-state index is 0.0237. The average molecular weight is 558 g/mol. The van der Waals surface area contributed by atoms with Crippen LogP contribution in [0, 0.1) is 5.92 Å². The summed E-state index contributed by atoms with van der Waals surface area (Å²) in [6.45, 7) is 12.8. The number of benzene rings is 3. The van der Waals surface area contributed by atoms with Gasteiger partial charge in [-0.1, -0.05) is 66.7 Å². The molecule has 0 fully saturated rings. The first-order valence-corrected chi connectivity index (χ1v) is 15.4. The third kappa shape index (κ3) is 6.57. The van der Waals surface area contributed by atoms with Crippen LogP contribution in [0.3, 0.4) is 0 Å². The maximum atomic E-state index is 5.25. The Balaban J connectivity index is 1.53. The van der Waals surface area contributed by atoms with E-state index >= 15 is 0 Å². The number of aromatic nitrogens is 1. The van der Waals surface area contributed by atoms with Crippen molar-refractivity contribution in [2.45, 2.75) is 40.2 Å². The summed E-state index contributed by atoms with van der Waals surface area (Å²) in [6, 6.07) is 34.7. The van der Waals surface area contributed by atoms with Gasteiger partial charge in [-0.05, 0) is 93.3 Å². The molecular formula is C37H43N5. The number of hydrogen-bond acceptors (Lipinski definition) is 5. The van der Waals surface area contributed by atoms with Crippen molar-refractivity contribution in [3.63, 3.8) is 0 Å². The second-order valence-corrected chi connectivity index (χ2v) is 10.7. The normalized spacial score (nSPS) is 16.6. The molecule has 5 nitrogen and oxygen atoms in total. The van der Waals surface area contributed by atoms with E-state index in [2.05, 4.69) is 140 Å². The maximum Gasteiger partial charge on any atom is 0.149 e. The van der Waals surface area contributed by atoms with Crippen molar-refractivity contribution in [2.24, 2.45) is 11.0 Å². The largest absolute Gasteiger partial charge is 0.372 e. The fraction of sp³-hybridized carbons (Fsp3) is 0.297. The number of allylic oxidation sites excluding steroid dienone is 1. The number of hydrazone groups is 1. The molecule has 0 spiro atoms. The second-order valence-electron chi connectivity index (χ2n) is 10.7. The molecule has 5 heteroatoms. The van der Waals surface area contributed by atoms with Crippen LogP contribution in [0.2, 0.25) is 0 Å². The van der Waals surface area contributed by atoms with E-state index in [1.54, 1.807) is 0 Å². The van der Waals surface area contributed by atoms with Crippen molar-refractivity contribution in [1.82, 2.24) is 4.98 Å². The van der Waals surface area contributed by atoms with Gasteiger partial charge < -0.3 is 9.80 Å². The molecule has 1 aliphatic heterocycles. The molecule has 0 aliphatic carbocycles. The Hall–Kier alpha value is -4.38. The maximum absolute atomic E-state index is 5.25. The molecule has 0 amide bonds. The van der Waals surface area contributed by atoms with Crippen LogP contribution in [0.4, 0.5) is 17.2 Å². The van der Waals surface area contributed by atoms with Gasteiger partial charge in [0.1, 0.15) is 5.82 Å². The highest BCUT2D eigenvalue weighted by Gasteiger charge is 2.38. The van der Waals surface area contributed by atoms with Gasteiger partial charge in [-0.3, -0.25) is 0 Å². The van der Waals surface area contributed by atoms with Gasteiger partial charge >= 0.3 is 0 Å². The number of rotatable bonds is 12.